The standard InChI is InChI=1S/C16H20N4O3/c1-4-23-15(21)13-11-20(10-12-8-6-5-7-9-12)18-14(13)17-16(22)19(2)3/h5-9,11H,4,10H2,1-3H3,(H,17,18,22). The number of hydrogen-bond acceptors (Lipinski definition) is 4. The van der Waals surface area contributed by atoms with Gasteiger partial charge in [-0.05, 0) is 12.5 Å². The largest absolute Gasteiger partial charge is 0.462 e. The van der Waals surface area contributed by atoms with Crippen molar-refractivity contribution in [3.05, 3.63) is 47.7 Å². The smallest absolute Gasteiger partial charge is 0.343 e. The summed E-state index contributed by atoms with van der Waals surface area (Å²) in [5.41, 5.74) is 1.27. The number of aromatic nitrogens is 2. The minimum atomic E-state index is -0.513. The van der Waals surface area contributed by atoms with E-state index in [0.717, 1.165) is 5.56 Å². The molecule has 1 aromatic carbocycles. The van der Waals surface area contributed by atoms with Crippen LogP contribution in [0.2, 0.25) is 0 Å². The molecule has 1 heterocycles. The van der Waals surface area contributed by atoms with Crippen LogP contribution in [0.3, 0.4) is 0 Å². The fraction of sp³-hybridized carbons (Fsp3) is 0.312. The number of anilines is 1. The lowest BCUT2D eigenvalue weighted by Crippen LogP contribution is -2.28. The summed E-state index contributed by atoms with van der Waals surface area (Å²) in [6.45, 7) is 2.47. The summed E-state index contributed by atoms with van der Waals surface area (Å²) in [5.74, 6) is -0.320. The molecule has 0 bridgehead atoms. The van der Waals surface area contributed by atoms with E-state index in [1.165, 1.54) is 4.90 Å². The Balaban J connectivity index is 2.27. The highest BCUT2D eigenvalue weighted by molar-refractivity contribution is 5.99. The van der Waals surface area contributed by atoms with Gasteiger partial charge in [0.05, 0.1) is 13.2 Å². The summed E-state index contributed by atoms with van der Waals surface area (Å²) < 4.78 is 6.62. The number of nitrogens with one attached hydrogen (secondary N) is 1. The predicted molar refractivity (Wildman–Crippen MR) is 86.4 cm³/mol. The molecular formula is C16H20N4O3. The Morgan fingerprint density at radius 1 is 1.26 bits per heavy atom. The molecule has 0 aliphatic rings. The van der Waals surface area contributed by atoms with Gasteiger partial charge in [0.1, 0.15) is 5.56 Å². The molecule has 0 atom stereocenters. The highest BCUT2D eigenvalue weighted by atomic mass is 16.5. The van der Waals surface area contributed by atoms with Gasteiger partial charge in [0.15, 0.2) is 5.82 Å². The Hall–Kier alpha value is -2.83. The van der Waals surface area contributed by atoms with Gasteiger partial charge in [-0.3, -0.25) is 10.00 Å². The van der Waals surface area contributed by atoms with Crippen molar-refractivity contribution in [2.24, 2.45) is 0 Å². The number of nitrogens with zero attached hydrogens (tertiary/aromatic N) is 3. The van der Waals surface area contributed by atoms with Crippen LogP contribution < -0.4 is 5.32 Å². The van der Waals surface area contributed by atoms with Crippen molar-refractivity contribution in [1.82, 2.24) is 14.7 Å². The Kier molecular flexibility index (Phi) is 5.35. The number of ether oxygens (including phenoxy) is 1. The van der Waals surface area contributed by atoms with Crippen LogP contribution in [-0.2, 0) is 11.3 Å². The molecule has 7 heteroatoms. The average molecular weight is 316 g/mol. The van der Waals surface area contributed by atoms with Gasteiger partial charge in [0, 0.05) is 20.3 Å². The highest BCUT2D eigenvalue weighted by Gasteiger charge is 2.20. The number of hydrogen-bond donors (Lipinski definition) is 1. The normalized spacial score (nSPS) is 10.2. The SMILES string of the molecule is CCOC(=O)c1cn(Cc2ccccc2)nc1NC(=O)N(C)C. The molecule has 0 spiro atoms. The zero-order valence-electron chi connectivity index (χ0n) is 13.4. The average Bonchev–Trinajstić information content (AvgIpc) is 2.91. The van der Waals surface area contributed by atoms with Crippen LogP contribution in [0.5, 0.6) is 0 Å². The minimum absolute atomic E-state index is 0.193. The molecule has 7 nitrogen and oxygen atoms in total. The van der Waals surface area contributed by atoms with Crippen LogP contribution in [0.1, 0.15) is 22.8 Å². The molecule has 1 N–H and O–H groups in total. The quantitative estimate of drug-likeness (QED) is 0.858. The molecule has 0 saturated heterocycles. The summed E-state index contributed by atoms with van der Waals surface area (Å²) >= 11 is 0. The van der Waals surface area contributed by atoms with E-state index in [0.29, 0.717) is 6.54 Å². The van der Waals surface area contributed by atoms with Gasteiger partial charge in [-0.15, -0.1) is 0 Å². The number of esters is 1. The molecular weight excluding hydrogens is 296 g/mol. The van der Waals surface area contributed by atoms with Gasteiger partial charge in [-0.25, -0.2) is 9.59 Å². The van der Waals surface area contributed by atoms with Crippen LogP contribution >= 0.6 is 0 Å². The minimum Gasteiger partial charge on any atom is -0.462 e. The van der Waals surface area contributed by atoms with E-state index in [4.69, 9.17) is 4.74 Å². The molecule has 2 rings (SSSR count). The van der Waals surface area contributed by atoms with Crippen molar-refractivity contribution in [1.29, 1.82) is 0 Å². The molecule has 0 aliphatic heterocycles. The summed E-state index contributed by atoms with van der Waals surface area (Å²) in [7, 11) is 3.22. The van der Waals surface area contributed by atoms with E-state index < -0.39 is 5.97 Å². The zero-order valence-corrected chi connectivity index (χ0v) is 13.4. The van der Waals surface area contributed by atoms with Crippen LogP contribution in [0.15, 0.2) is 36.5 Å². The maximum absolute atomic E-state index is 12.0. The zero-order chi connectivity index (χ0) is 16.8. The second-order valence-corrected chi connectivity index (χ2v) is 5.12. The molecule has 0 unspecified atom stereocenters. The maximum Gasteiger partial charge on any atom is 0.343 e. The monoisotopic (exact) mass is 316 g/mol. The van der Waals surface area contributed by atoms with Crippen molar-refractivity contribution in [2.75, 3.05) is 26.0 Å². The van der Waals surface area contributed by atoms with Crippen LogP contribution in [0.25, 0.3) is 0 Å². The van der Waals surface area contributed by atoms with Crippen molar-refractivity contribution in [3.8, 4) is 0 Å². The fourth-order valence-corrected chi connectivity index (χ4v) is 1.94. The van der Waals surface area contributed by atoms with E-state index in [9.17, 15) is 9.59 Å². The summed E-state index contributed by atoms with van der Waals surface area (Å²) in [6.07, 6.45) is 1.58. The van der Waals surface area contributed by atoms with Gasteiger partial charge in [0.2, 0.25) is 0 Å². The van der Waals surface area contributed by atoms with E-state index in [1.807, 2.05) is 30.3 Å². The van der Waals surface area contributed by atoms with Gasteiger partial charge >= 0.3 is 12.0 Å². The lowest BCUT2D eigenvalue weighted by atomic mass is 10.2. The van der Waals surface area contributed by atoms with E-state index >= 15 is 0 Å². The van der Waals surface area contributed by atoms with Crippen molar-refractivity contribution in [3.63, 3.8) is 0 Å². The molecule has 2 aromatic rings. The van der Waals surface area contributed by atoms with Crippen molar-refractivity contribution in [2.45, 2.75) is 13.5 Å². The molecule has 23 heavy (non-hydrogen) atoms. The van der Waals surface area contributed by atoms with Crippen LogP contribution in [0, 0.1) is 0 Å². The Labute approximate surface area is 134 Å². The van der Waals surface area contributed by atoms with Gasteiger partial charge in [0.25, 0.3) is 0 Å². The first-order chi connectivity index (χ1) is 11.0. The lowest BCUT2D eigenvalue weighted by Gasteiger charge is -2.11. The maximum atomic E-state index is 12.0. The van der Waals surface area contributed by atoms with Gasteiger partial charge in [-0.1, -0.05) is 30.3 Å². The third-order valence-electron chi connectivity index (χ3n) is 3.08. The third kappa shape index (κ3) is 4.32. The second-order valence-electron chi connectivity index (χ2n) is 5.12. The summed E-state index contributed by atoms with van der Waals surface area (Å²) in [6, 6.07) is 9.35. The molecule has 0 radical (unpaired) electrons. The molecule has 0 fully saturated rings. The molecule has 1 aromatic heterocycles. The van der Waals surface area contributed by atoms with Gasteiger partial charge < -0.3 is 9.64 Å². The molecule has 0 aliphatic carbocycles. The third-order valence-corrected chi connectivity index (χ3v) is 3.08. The second kappa shape index (κ2) is 7.44. The predicted octanol–water partition coefficient (Wildman–Crippen LogP) is 2.20. The number of carbonyl (C=O) groups excluding carboxylic acids is 2. The lowest BCUT2D eigenvalue weighted by molar-refractivity contribution is 0.0527. The number of benzene rings is 1. The van der Waals surface area contributed by atoms with E-state index in [2.05, 4.69) is 10.4 Å². The van der Waals surface area contributed by atoms with E-state index in [-0.39, 0.29) is 24.0 Å². The highest BCUT2D eigenvalue weighted by Crippen LogP contribution is 2.16. The topological polar surface area (TPSA) is 76.5 Å². The van der Waals surface area contributed by atoms with Crippen LogP contribution in [0.4, 0.5) is 10.6 Å². The fourth-order valence-electron chi connectivity index (χ4n) is 1.94. The first-order valence-corrected chi connectivity index (χ1v) is 7.28. The number of amides is 2. The number of urea groups is 1. The first kappa shape index (κ1) is 16.5. The Bertz CT molecular complexity index is 680. The summed E-state index contributed by atoms with van der Waals surface area (Å²) in [5, 5.41) is 6.90. The number of carbonyl (C=O) groups is 2. The molecule has 2 amide bonds. The summed E-state index contributed by atoms with van der Waals surface area (Å²) in [4.78, 5) is 25.2. The number of rotatable bonds is 5. The van der Waals surface area contributed by atoms with Gasteiger partial charge in [-0.2, -0.15) is 5.10 Å². The van der Waals surface area contributed by atoms with Crippen LogP contribution in [-0.4, -0.2) is 47.4 Å². The van der Waals surface area contributed by atoms with Crippen molar-refractivity contribution < 1.29 is 14.3 Å². The van der Waals surface area contributed by atoms with Crippen molar-refractivity contribution >= 4 is 17.8 Å². The molecule has 122 valence electrons. The van der Waals surface area contributed by atoms with E-state index in [1.54, 1.807) is 31.9 Å². The first-order valence-electron chi connectivity index (χ1n) is 7.28. The Morgan fingerprint density at radius 2 is 1.96 bits per heavy atom. The molecule has 0 saturated carbocycles. The Morgan fingerprint density at radius 3 is 2.57 bits per heavy atom.